The van der Waals surface area contributed by atoms with Gasteiger partial charge in [0.15, 0.2) is 4.21 Å². The first kappa shape index (κ1) is 13.2. The van der Waals surface area contributed by atoms with Crippen molar-refractivity contribution in [3.8, 4) is 0 Å². The van der Waals surface area contributed by atoms with Crippen molar-refractivity contribution in [1.82, 2.24) is 0 Å². The number of halogens is 1. The van der Waals surface area contributed by atoms with Crippen molar-refractivity contribution >= 4 is 27.6 Å². The van der Waals surface area contributed by atoms with Gasteiger partial charge in [0.05, 0.1) is 12.2 Å². The molecule has 7 heteroatoms. The molecule has 0 radical (unpaired) electrons. The molecule has 0 aromatic rings. The van der Waals surface area contributed by atoms with E-state index in [9.17, 15) is 13.2 Å². The lowest BCUT2D eigenvalue weighted by molar-refractivity contribution is -0.138. The molecule has 0 bridgehead atoms. The number of esters is 1. The summed E-state index contributed by atoms with van der Waals surface area (Å²) in [7, 11) is -3.90. The van der Waals surface area contributed by atoms with E-state index in [1.54, 1.807) is 6.92 Å². The lowest BCUT2D eigenvalue weighted by Gasteiger charge is -2.22. The zero-order valence-corrected chi connectivity index (χ0v) is 10.2. The Labute approximate surface area is 99.0 Å². The molecule has 1 unspecified atom stereocenters. The first-order valence-electron chi connectivity index (χ1n) is 4.58. The molecule has 0 aliphatic heterocycles. The number of nitrogens with two attached hydrogens (primary N) is 1. The predicted octanol–water partition coefficient (Wildman–Crippen LogP) is 0.659. The number of hydrogen-bond donors (Lipinski definition) is 1. The molecular weight excluding hydrogens is 254 g/mol. The van der Waals surface area contributed by atoms with Crippen LogP contribution in [0.25, 0.3) is 0 Å². The SMILES string of the molecule is CCOC(=O)C1=CCC(Cl)(S(N)(=O)=O)C=C1. The van der Waals surface area contributed by atoms with Gasteiger partial charge in [0.25, 0.3) is 0 Å². The summed E-state index contributed by atoms with van der Waals surface area (Å²) in [4.78, 5) is 11.3. The fourth-order valence-electron chi connectivity index (χ4n) is 1.18. The van der Waals surface area contributed by atoms with E-state index >= 15 is 0 Å². The van der Waals surface area contributed by atoms with Crippen LogP contribution in [-0.4, -0.2) is 25.2 Å². The first-order valence-corrected chi connectivity index (χ1v) is 6.50. The summed E-state index contributed by atoms with van der Waals surface area (Å²) in [5, 5.41) is 4.97. The van der Waals surface area contributed by atoms with E-state index in [0.717, 1.165) is 0 Å². The molecular formula is C9H12ClNO4S. The Hall–Kier alpha value is -0.850. The Morgan fingerprint density at radius 3 is 2.69 bits per heavy atom. The van der Waals surface area contributed by atoms with Gasteiger partial charge in [0, 0.05) is 6.42 Å². The molecule has 0 fully saturated rings. The zero-order chi connectivity index (χ0) is 12.4. The molecule has 1 atom stereocenters. The standard InChI is InChI=1S/C9H12ClNO4S/c1-2-15-8(12)7-3-5-9(10,6-4-7)16(11,13)14/h3-5H,2,6H2,1H3,(H2,11,13,14). The van der Waals surface area contributed by atoms with Gasteiger partial charge >= 0.3 is 5.97 Å². The highest BCUT2D eigenvalue weighted by molar-refractivity contribution is 7.92. The number of sulfonamides is 1. The second kappa shape index (κ2) is 4.57. The number of hydrogen-bond acceptors (Lipinski definition) is 4. The van der Waals surface area contributed by atoms with Crippen molar-refractivity contribution in [1.29, 1.82) is 0 Å². The summed E-state index contributed by atoms with van der Waals surface area (Å²) < 4.78 is 25.4. The molecule has 1 aliphatic carbocycles. The minimum Gasteiger partial charge on any atom is -0.462 e. The number of carbonyl (C=O) groups is 1. The highest BCUT2D eigenvalue weighted by Gasteiger charge is 2.38. The highest BCUT2D eigenvalue weighted by Crippen LogP contribution is 2.31. The van der Waals surface area contributed by atoms with Crippen LogP contribution >= 0.6 is 11.6 Å². The van der Waals surface area contributed by atoms with Gasteiger partial charge in [-0.25, -0.2) is 18.4 Å². The van der Waals surface area contributed by atoms with Gasteiger partial charge in [-0.1, -0.05) is 17.7 Å². The average molecular weight is 266 g/mol. The van der Waals surface area contributed by atoms with Crippen LogP contribution in [-0.2, 0) is 19.6 Å². The van der Waals surface area contributed by atoms with Crippen molar-refractivity contribution in [2.45, 2.75) is 17.6 Å². The fourth-order valence-corrected chi connectivity index (χ4v) is 1.89. The summed E-state index contributed by atoms with van der Waals surface area (Å²) in [6.07, 6.45) is 3.84. The zero-order valence-electron chi connectivity index (χ0n) is 8.64. The van der Waals surface area contributed by atoms with Gasteiger partial charge < -0.3 is 4.74 Å². The molecule has 0 saturated heterocycles. The third-order valence-electron chi connectivity index (χ3n) is 2.10. The van der Waals surface area contributed by atoms with Crippen LogP contribution in [0, 0.1) is 0 Å². The van der Waals surface area contributed by atoms with Crippen LogP contribution in [0.4, 0.5) is 0 Å². The Morgan fingerprint density at radius 1 is 1.69 bits per heavy atom. The number of ether oxygens (including phenoxy) is 1. The van der Waals surface area contributed by atoms with E-state index < -0.39 is 20.2 Å². The Morgan fingerprint density at radius 2 is 2.31 bits per heavy atom. The molecule has 0 amide bonds. The quantitative estimate of drug-likeness (QED) is 0.600. The third-order valence-corrected chi connectivity index (χ3v) is 4.27. The Balaban J connectivity index is 2.85. The number of rotatable bonds is 3. The van der Waals surface area contributed by atoms with Crippen LogP contribution < -0.4 is 5.14 Å². The molecule has 0 heterocycles. The Bertz CT molecular complexity index is 454. The molecule has 0 spiro atoms. The molecule has 90 valence electrons. The van der Waals surface area contributed by atoms with Gasteiger partial charge in [-0.05, 0) is 19.1 Å². The number of allylic oxidation sites excluding steroid dienone is 1. The van der Waals surface area contributed by atoms with E-state index in [1.807, 2.05) is 0 Å². The van der Waals surface area contributed by atoms with Gasteiger partial charge in [-0.2, -0.15) is 0 Å². The molecule has 5 nitrogen and oxygen atoms in total. The highest BCUT2D eigenvalue weighted by atomic mass is 35.5. The van der Waals surface area contributed by atoms with E-state index in [2.05, 4.69) is 0 Å². The van der Waals surface area contributed by atoms with Gasteiger partial charge in [-0.3, -0.25) is 0 Å². The van der Waals surface area contributed by atoms with E-state index in [-0.39, 0.29) is 18.6 Å². The van der Waals surface area contributed by atoms with Gasteiger partial charge in [0.2, 0.25) is 10.0 Å². The van der Waals surface area contributed by atoms with Crippen LogP contribution in [0.3, 0.4) is 0 Å². The summed E-state index contributed by atoms with van der Waals surface area (Å²) in [5.41, 5.74) is 0.279. The number of primary sulfonamides is 1. The van der Waals surface area contributed by atoms with Crippen molar-refractivity contribution in [2.75, 3.05) is 6.61 Å². The summed E-state index contributed by atoms with van der Waals surface area (Å²) in [6, 6.07) is 0. The number of alkyl halides is 1. The third kappa shape index (κ3) is 2.63. The normalized spacial score (nSPS) is 25.1. The van der Waals surface area contributed by atoms with Crippen molar-refractivity contribution < 1.29 is 17.9 Å². The topological polar surface area (TPSA) is 86.5 Å². The summed E-state index contributed by atoms with van der Waals surface area (Å²) >= 11 is 5.80. The van der Waals surface area contributed by atoms with E-state index in [4.69, 9.17) is 21.5 Å². The van der Waals surface area contributed by atoms with Crippen LogP contribution in [0.15, 0.2) is 23.8 Å². The first-order chi connectivity index (χ1) is 7.30. The molecule has 0 aromatic carbocycles. The molecule has 1 rings (SSSR count). The summed E-state index contributed by atoms with van der Waals surface area (Å²) in [5.74, 6) is -0.508. The van der Waals surface area contributed by atoms with Crippen molar-refractivity contribution in [3.05, 3.63) is 23.8 Å². The molecule has 0 aromatic heterocycles. The maximum Gasteiger partial charge on any atom is 0.337 e. The Kier molecular flexibility index (Phi) is 3.77. The lowest BCUT2D eigenvalue weighted by atomic mass is 10.1. The second-order valence-electron chi connectivity index (χ2n) is 3.25. The smallest absolute Gasteiger partial charge is 0.337 e. The largest absolute Gasteiger partial charge is 0.462 e. The molecule has 16 heavy (non-hydrogen) atoms. The molecule has 0 saturated carbocycles. The van der Waals surface area contributed by atoms with Crippen LogP contribution in [0.1, 0.15) is 13.3 Å². The second-order valence-corrected chi connectivity index (χ2v) is 5.97. The maximum atomic E-state index is 11.3. The van der Waals surface area contributed by atoms with Crippen molar-refractivity contribution in [3.63, 3.8) is 0 Å². The molecule has 2 N–H and O–H groups in total. The summed E-state index contributed by atoms with van der Waals surface area (Å²) in [6.45, 7) is 1.94. The van der Waals surface area contributed by atoms with Crippen LogP contribution in [0.2, 0.25) is 0 Å². The van der Waals surface area contributed by atoms with E-state index in [1.165, 1.54) is 18.2 Å². The average Bonchev–Trinajstić information content (AvgIpc) is 2.17. The van der Waals surface area contributed by atoms with E-state index in [0.29, 0.717) is 0 Å². The van der Waals surface area contributed by atoms with Crippen molar-refractivity contribution in [2.24, 2.45) is 5.14 Å². The minimum atomic E-state index is -3.90. The van der Waals surface area contributed by atoms with Gasteiger partial charge in [-0.15, -0.1) is 0 Å². The van der Waals surface area contributed by atoms with Crippen LogP contribution in [0.5, 0.6) is 0 Å². The minimum absolute atomic E-state index is 0.0575. The fraction of sp³-hybridized carbons (Fsp3) is 0.444. The number of carbonyl (C=O) groups excluding carboxylic acids is 1. The van der Waals surface area contributed by atoms with Gasteiger partial charge in [0.1, 0.15) is 0 Å². The monoisotopic (exact) mass is 265 g/mol. The predicted molar refractivity (Wildman–Crippen MR) is 60.2 cm³/mol. The lowest BCUT2D eigenvalue weighted by Crippen LogP contribution is -2.37. The molecule has 1 aliphatic rings. The maximum absolute atomic E-state index is 11.3.